The molecule has 1 aromatic heterocycles. The first-order valence-electron chi connectivity index (χ1n) is 8.60. The highest BCUT2D eigenvalue weighted by Crippen LogP contribution is 2.24. The molecule has 0 saturated heterocycles. The lowest BCUT2D eigenvalue weighted by Crippen LogP contribution is -2.29. The van der Waals surface area contributed by atoms with E-state index in [1.54, 1.807) is 5.38 Å². The van der Waals surface area contributed by atoms with Crippen molar-refractivity contribution in [2.75, 3.05) is 13.2 Å². The highest BCUT2D eigenvalue weighted by Gasteiger charge is 2.31. The van der Waals surface area contributed by atoms with Crippen LogP contribution in [0.15, 0.2) is 29.6 Å². The molecule has 0 unspecified atom stereocenters. The number of alkyl halides is 3. The van der Waals surface area contributed by atoms with E-state index in [0.717, 1.165) is 12.1 Å². The molecule has 0 aliphatic rings. The van der Waals surface area contributed by atoms with Crippen molar-refractivity contribution < 1.29 is 32.2 Å². The summed E-state index contributed by atoms with van der Waals surface area (Å²) in [5, 5.41) is 7.52. The van der Waals surface area contributed by atoms with Gasteiger partial charge in [0.2, 0.25) is 0 Å². The molecule has 0 aliphatic heterocycles. The molecule has 0 spiro atoms. The summed E-state index contributed by atoms with van der Waals surface area (Å²) in [5.41, 5.74) is 0.289. The first-order chi connectivity index (χ1) is 13.6. The van der Waals surface area contributed by atoms with Gasteiger partial charge in [-0.3, -0.25) is 9.59 Å². The summed E-state index contributed by atoms with van der Waals surface area (Å²) in [5.74, 6) is -0.556. The third-order valence-corrected chi connectivity index (χ3v) is 4.17. The van der Waals surface area contributed by atoms with E-state index in [0.29, 0.717) is 17.5 Å². The quantitative estimate of drug-likeness (QED) is 0.637. The maximum atomic E-state index is 12.1. The Balaban J connectivity index is 1.74. The largest absolute Gasteiger partial charge is 0.573 e. The zero-order valence-corrected chi connectivity index (χ0v) is 16.5. The number of hydrogen-bond acceptors (Lipinski definition) is 6. The van der Waals surface area contributed by atoms with Crippen LogP contribution in [-0.2, 0) is 11.3 Å². The second kappa shape index (κ2) is 10.1. The third-order valence-electron chi connectivity index (χ3n) is 3.32. The van der Waals surface area contributed by atoms with E-state index < -0.39 is 12.3 Å². The molecular formula is C18H20F3N3O4S. The zero-order valence-electron chi connectivity index (χ0n) is 15.7. The Morgan fingerprint density at radius 1 is 1.14 bits per heavy atom. The summed E-state index contributed by atoms with van der Waals surface area (Å²) >= 11 is 1.24. The molecule has 2 N–H and O–H groups in total. The second-order valence-corrected chi connectivity index (χ2v) is 7.26. The fourth-order valence-electron chi connectivity index (χ4n) is 2.00. The molecule has 0 fully saturated rings. The van der Waals surface area contributed by atoms with Crippen molar-refractivity contribution in [2.45, 2.75) is 26.8 Å². The minimum atomic E-state index is -4.77. The topological polar surface area (TPSA) is 89.6 Å². The Morgan fingerprint density at radius 3 is 2.41 bits per heavy atom. The lowest BCUT2D eigenvalue weighted by molar-refractivity contribution is -0.274. The van der Waals surface area contributed by atoms with Gasteiger partial charge in [-0.15, -0.1) is 24.5 Å². The summed E-state index contributed by atoms with van der Waals surface area (Å²) in [6, 6.07) is 4.69. The number of benzene rings is 1. The summed E-state index contributed by atoms with van der Waals surface area (Å²) in [4.78, 5) is 27.9. The average Bonchev–Trinajstić information content (AvgIpc) is 3.11. The molecule has 0 atom stereocenters. The fraction of sp³-hybridized carbons (Fsp3) is 0.389. The molecule has 158 valence electrons. The highest BCUT2D eigenvalue weighted by molar-refractivity contribution is 7.09. The van der Waals surface area contributed by atoms with E-state index in [-0.39, 0.29) is 36.3 Å². The summed E-state index contributed by atoms with van der Waals surface area (Å²) in [6.45, 7) is 4.31. The van der Waals surface area contributed by atoms with Gasteiger partial charge in [-0.25, -0.2) is 4.98 Å². The Morgan fingerprint density at radius 2 is 1.79 bits per heavy atom. The number of rotatable bonds is 9. The Hall–Kier alpha value is -2.82. The van der Waals surface area contributed by atoms with E-state index in [2.05, 4.69) is 20.4 Å². The average molecular weight is 431 g/mol. The van der Waals surface area contributed by atoms with E-state index >= 15 is 0 Å². The number of amides is 2. The molecule has 2 aromatic rings. The minimum Gasteiger partial charge on any atom is -0.484 e. The Kier molecular flexibility index (Phi) is 7.82. The monoisotopic (exact) mass is 431 g/mol. The predicted octanol–water partition coefficient (Wildman–Crippen LogP) is 3.12. The van der Waals surface area contributed by atoms with Gasteiger partial charge in [0.1, 0.15) is 22.2 Å². The maximum absolute atomic E-state index is 12.1. The molecule has 29 heavy (non-hydrogen) atoms. The number of halogens is 3. The summed E-state index contributed by atoms with van der Waals surface area (Å²) in [6.07, 6.45) is -4.77. The summed E-state index contributed by atoms with van der Waals surface area (Å²) < 4.78 is 45.3. The molecule has 0 bridgehead atoms. The normalized spacial score (nSPS) is 11.2. The van der Waals surface area contributed by atoms with Crippen molar-refractivity contribution in [1.29, 1.82) is 0 Å². The van der Waals surface area contributed by atoms with Crippen molar-refractivity contribution >= 4 is 23.2 Å². The van der Waals surface area contributed by atoms with Crippen LogP contribution in [0.4, 0.5) is 13.2 Å². The van der Waals surface area contributed by atoms with Crippen LogP contribution in [0, 0.1) is 5.92 Å². The zero-order chi connectivity index (χ0) is 21.4. The maximum Gasteiger partial charge on any atom is 0.573 e. The molecule has 0 aliphatic carbocycles. The summed E-state index contributed by atoms with van der Waals surface area (Å²) in [7, 11) is 0. The lowest BCUT2D eigenvalue weighted by atomic mass is 10.2. The molecule has 2 rings (SSSR count). The number of hydrogen-bond donors (Lipinski definition) is 2. The molecule has 7 nitrogen and oxygen atoms in total. The molecule has 1 heterocycles. The molecule has 2 amide bonds. The van der Waals surface area contributed by atoms with Crippen LogP contribution in [0.2, 0.25) is 0 Å². The smallest absolute Gasteiger partial charge is 0.484 e. The van der Waals surface area contributed by atoms with E-state index in [4.69, 9.17) is 4.74 Å². The molecule has 1 aromatic carbocycles. The van der Waals surface area contributed by atoms with Gasteiger partial charge in [0.15, 0.2) is 6.61 Å². The molecular weight excluding hydrogens is 411 g/mol. The van der Waals surface area contributed by atoms with Gasteiger partial charge in [0.25, 0.3) is 11.8 Å². The van der Waals surface area contributed by atoms with E-state index in [9.17, 15) is 22.8 Å². The Labute approximate surface area is 169 Å². The number of thiazole rings is 1. The number of carbonyl (C=O) groups is 2. The van der Waals surface area contributed by atoms with Crippen molar-refractivity contribution in [3.63, 3.8) is 0 Å². The van der Waals surface area contributed by atoms with Crippen molar-refractivity contribution in [3.8, 4) is 11.5 Å². The van der Waals surface area contributed by atoms with Crippen LogP contribution < -0.4 is 20.1 Å². The minimum absolute atomic E-state index is 0.128. The number of ether oxygens (including phenoxy) is 2. The molecule has 0 radical (unpaired) electrons. The second-order valence-electron chi connectivity index (χ2n) is 6.31. The SMILES string of the molecule is CC(C)CNC(=O)c1csc(CNC(=O)COc2ccc(OC(F)(F)F)cc2)n1. The van der Waals surface area contributed by atoms with Gasteiger partial charge < -0.3 is 20.1 Å². The van der Waals surface area contributed by atoms with Crippen LogP contribution in [0.5, 0.6) is 11.5 Å². The molecule has 11 heteroatoms. The number of nitrogens with zero attached hydrogens (tertiary/aromatic N) is 1. The highest BCUT2D eigenvalue weighted by atomic mass is 32.1. The first kappa shape index (κ1) is 22.5. The van der Waals surface area contributed by atoms with Gasteiger partial charge in [0, 0.05) is 11.9 Å². The van der Waals surface area contributed by atoms with Crippen LogP contribution in [0.25, 0.3) is 0 Å². The van der Waals surface area contributed by atoms with E-state index in [1.807, 2.05) is 13.8 Å². The van der Waals surface area contributed by atoms with Crippen LogP contribution in [0.3, 0.4) is 0 Å². The Bertz CT molecular complexity index is 823. The van der Waals surface area contributed by atoms with Gasteiger partial charge in [0.05, 0.1) is 6.54 Å². The number of carbonyl (C=O) groups excluding carboxylic acids is 2. The van der Waals surface area contributed by atoms with Gasteiger partial charge in [-0.05, 0) is 30.2 Å². The van der Waals surface area contributed by atoms with Crippen LogP contribution in [0.1, 0.15) is 29.3 Å². The van der Waals surface area contributed by atoms with E-state index in [1.165, 1.54) is 23.5 Å². The number of aromatic nitrogens is 1. The third kappa shape index (κ3) is 8.38. The van der Waals surface area contributed by atoms with Gasteiger partial charge in [-0.1, -0.05) is 13.8 Å². The first-order valence-corrected chi connectivity index (χ1v) is 9.48. The van der Waals surface area contributed by atoms with Crippen LogP contribution in [-0.4, -0.2) is 36.3 Å². The fourth-order valence-corrected chi connectivity index (χ4v) is 2.71. The van der Waals surface area contributed by atoms with Crippen molar-refractivity contribution in [3.05, 3.63) is 40.3 Å². The predicted molar refractivity (Wildman–Crippen MR) is 99.8 cm³/mol. The number of nitrogens with one attached hydrogen (secondary N) is 2. The molecule has 0 saturated carbocycles. The van der Waals surface area contributed by atoms with Gasteiger partial charge in [-0.2, -0.15) is 0 Å². The lowest BCUT2D eigenvalue weighted by Gasteiger charge is -2.10. The van der Waals surface area contributed by atoms with Crippen molar-refractivity contribution in [1.82, 2.24) is 15.6 Å². The standard InChI is InChI=1S/C18H20F3N3O4S/c1-11(2)7-23-17(26)14-10-29-16(24-14)8-22-15(25)9-27-12-3-5-13(6-4-12)28-18(19,20)21/h3-6,10-11H,7-9H2,1-2H3,(H,22,25)(H,23,26). The van der Waals surface area contributed by atoms with Crippen molar-refractivity contribution in [2.24, 2.45) is 5.92 Å². The van der Waals surface area contributed by atoms with Crippen LogP contribution >= 0.6 is 11.3 Å². The van der Waals surface area contributed by atoms with Gasteiger partial charge >= 0.3 is 6.36 Å².